The molecule has 0 N–H and O–H groups in total. The fourth-order valence-electron chi connectivity index (χ4n) is 3.76. The maximum absolute atomic E-state index is 13.8. The predicted molar refractivity (Wildman–Crippen MR) is 97.0 cm³/mol. The summed E-state index contributed by atoms with van der Waals surface area (Å²) in [7, 11) is 0. The fraction of sp³-hybridized carbons (Fsp3) is 0.400. The average Bonchev–Trinajstić information content (AvgIpc) is 2.96. The molecule has 2 aromatic rings. The monoisotopic (exact) mass is 361 g/mol. The summed E-state index contributed by atoms with van der Waals surface area (Å²) in [4.78, 5) is 6.13. The quantitative estimate of drug-likeness (QED) is 0.707. The first-order chi connectivity index (χ1) is 12.2. The zero-order valence-electron chi connectivity index (χ0n) is 14.2. The maximum Gasteiger partial charge on any atom is 0.145 e. The van der Waals surface area contributed by atoms with Gasteiger partial charge in [0.15, 0.2) is 0 Å². The highest BCUT2D eigenvalue weighted by molar-refractivity contribution is 6.30. The number of halogens is 2. The lowest BCUT2D eigenvalue weighted by Gasteiger charge is -2.40. The molecule has 3 nitrogen and oxygen atoms in total. The van der Waals surface area contributed by atoms with Crippen molar-refractivity contribution >= 4 is 17.3 Å². The summed E-state index contributed by atoms with van der Waals surface area (Å²) in [5.41, 5.74) is 2.67. The van der Waals surface area contributed by atoms with Gasteiger partial charge in [0.25, 0.3) is 0 Å². The third-order valence-electron chi connectivity index (χ3n) is 5.13. The molecule has 2 aliphatic rings. The number of hydrogen-bond donors (Lipinski definition) is 0. The van der Waals surface area contributed by atoms with Crippen molar-refractivity contribution < 1.29 is 14.0 Å². The second kappa shape index (κ2) is 6.50. The summed E-state index contributed by atoms with van der Waals surface area (Å²) in [5.74, 6) is 0.100. The molecule has 0 radical (unpaired) electrons. The van der Waals surface area contributed by atoms with Gasteiger partial charge in [-0.1, -0.05) is 49.6 Å². The third kappa shape index (κ3) is 2.68. The lowest BCUT2D eigenvalue weighted by atomic mass is 9.75. The van der Waals surface area contributed by atoms with Crippen LogP contribution in [0.15, 0.2) is 36.4 Å². The topological polar surface area (TPSA) is 21.7 Å². The van der Waals surface area contributed by atoms with E-state index in [4.69, 9.17) is 21.2 Å². The fourth-order valence-corrected chi connectivity index (χ4v) is 3.93. The third-order valence-corrected chi connectivity index (χ3v) is 5.42. The van der Waals surface area contributed by atoms with E-state index in [0.29, 0.717) is 19.0 Å². The van der Waals surface area contributed by atoms with Gasteiger partial charge in [0.1, 0.15) is 18.2 Å². The van der Waals surface area contributed by atoms with Crippen molar-refractivity contribution in [2.75, 3.05) is 24.8 Å². The summed E-state index contributed by atoms with van der Waals surface area (Å²) in [6.07, 6.45) is 3.43. The summed E-state index contributed by atoms with van der Waals surface area (Å²) in [6.45, 7) is 3.95. The number of ether oxygens (including phenoxy) is 1. The Labute approximate surface area is 152 Å². The van der Waals surface area contributed by atoms with Crippen molar-refractivity contribution in [3.63, 3.8) is 0 Å². The van der Waals surface area contributed by atoms with Crippen LogP contribution in [0.3, 0.4) is 0 Å². The van der Waals surface area contributed by atoms with Crippen molar-refractivity contribution in [2.24, 2.45) is 0 Å². The molecule has 0 saturated carbocycles. The normalized spacial score (nSPS) is 21.2. The summed E-state index contributed by atoms with van der Waals surface area (Å²) < 4.78 is 19.6. The standard InChI is InChI=1S/C20H21ClFNO2/c1-2-3-6-9-23-18-8-5-4-7-14(18)20(13-25-23)12-24-19-11-17(22)16(21)10-15(19)20/h4-5,7-8,10-11H,2-3,6,9,12-13H2,1H3. The van der Waals surface area contributed by atoms with E-state index in [-0.39, 0.29) is 5.02 Å². The molecule has 0 amide bonds. The zero-order valence-corrected chi connectivity index (χ0v) is 15.0. The molecule has 25 heavy (non-hydrogen) atoms. The molecule has 0 aliphatic carbocycles. The number of fused-ring (bicyclic) bond motifs is 4. The Morgan fingerprint density at radius 2 is 2.00 bits per heavy atom. The van der Waals surface area contributed by atoms with Crippen molar-refractivity contribution in [3.8, 4) is 5.75 Å². The van der Waals surface area contributed by atoms with E-state index in [9.17, 15) is 4.39 Å². The minimum Gasteiger partial charge on any atom is -0.492 e. The number of para-hydroxylation sites is 1. The van der Waals surface area contributed by atoms with Gasteiger partial charge in [-0.05, 0) is 24.1 Å². The predicted octanol–water partition coefficient (Wildman–Crippen LogP) is 5.10. The number of hydrogen-bond acceptors (Lipinski definition) is 3. The molecule has 1 spiro atoms. The van der Waals surface area contributed by atoms with E-state index in [2.05, 4.69) is 19.1 Å². The molecule has 2 aromatic carbocycles. The van der Waals surface area contributed by atoms with Crippen molar-refractivity contribution in [2.45, 2.75) is 31.6 Å². The Morgan fingerprint density at radius 3 is 2.84 bits per heavy atom. The molecular formula is C20H21ClFNO2. The van der Waals surface area contributed by atoms with E-state index in [1.54, 1.807) is 6.07 Å². The van der Waals surface area contributed by atoms with Crippen LogP contribution < -0.4 is 9.80 Å². The second-order valence-corrected chi connectivity index (χ2v) is 7.14. The second-order valence-electron chi connectivity index (χ2n) is 6.73. The van der Waals surface area contributed by atoms with Crippen LogP contribution >= 0.6 is 11.6 Å². The lowest BCUT2D eigenvalue weighted by Crippen LogP contribution is -2.45. The van der Waals surface area contributed by atoms with Crippen LogP contribution in [0.5, 0.6) is 5.75 Å². The van der Waals surface area contributed by atoms with Gasteiger partial charge in [-0.2, -0.15) is 0 Å². The SMILES string of the molecule is CCCCCN1OCC2(COc3cc(F)c(Cl)cc32)c2ccccc21. The number of rotatable bonds is 4. The van der Waals surface area contributed by atoms with Crippen LogP contribution in [0.4, 0.5) is 10.1 Å². The van der Waals surface area contributed by atoms with Gasteiger partial charge in [-0.3, -0.25) is 9.90 Å². The van der Waals surface area contributed by atoms with Gasteiger partial charge in [0, 0.05) is 18.2 Å². The smallest absolute Gasteiger partial charge is 0.145 e. The van der Waals surface area contributed by atoms with Gasteiger partial charge in [-0.25, -0.2) is 4.39 Å². The molecule has 132 valence electrons. The molecule has 2 heterocycles. The van der Waals surface area contributed by atoms with Gasteiger partial charge in [0.05, 0.1) is 22.7 Å². The molecule has 0 fully saturated rings. The van der Waals surface area contributed by atoms with Crippen LogP contribution in [0.25, 0.3) is 0 Å². The lowest BCUT2D eigenvalue weighted by molar-refractivity contribution is 0.0509. The Kier molecular flexibility index (Phi) is 4.34. The minimum atomic E-state index is -0.455. The average molecular weight is 362 g/mol. The van der Waals surface area contributed by atoms with E-state index in [0.717, 1.165) is 29.8 Å². The van der Waals surface area contributed by atoms with E-state index < -0.39 is 11.2 Å². The molecule has 2 aliphatic heterocycles. The van der Waals surface area contributed by atoms with Gasteiger partial charge < -0.3 is 4.74 Å². The number of unbranched alkanes of at least 4 members (excludes halogenated alkanes) is 2. The first-order valence-corrected chi connectivity index (χ1v) is 9.16. The number of anilines is 1. The van der Waals surface area contributed by atoms with E-state index in [1.165, 1.54) is 18.9 Å². The number of benzene rings is 2. The molecule has 0 bridgehead atoms. The van der Waals surface area contributed by atoms with Crippen molar-refractivity contribution in [3.05, 3.63) is 58.4 Å². The Bertz CT molecular complexity index is 797. The first kappa shape index (κ1) is 16.7. The summed E-state index contributed by atoms with van der Waals surface area (Å²) in [5, 5.41) is 2.10. The van der Waals surface area contributed by atoms with Gasteiger partial charge >= 0.3 is 0 Å². The number of hydroxylamine groups is 1. The largest absolute Gasteiger partial charge is 0.492 e. The van der Waals surface area contributed by atoms with E-state index >= 15 is 0 Å². The Balaban J connectivity index is 1.76. The Hall–Kier alpha value is -1.78. The highest BCUT2D eigenvalue weighted by Crippen LogP contribution is 2.50. The van der Waals surface area contributed by atoms with Crippen molar-refractivity contribution in [1.82, 2.24) is 0 Å². The van der Waals surface area contributed by atoms with Crippen LogP contribution in [0.2, 0.25) is 5.02 Å². The van der Waals surface area contributed by atoms with Crippen LogP contribution in [-0.4, -0.2) is 19.8 Å². The van der Waals surface area contributed by atoms with Gasteiger partial charge in [0.2, 0.25) is 0 Å². The number of nitrogens with zero attached hydrogens (tertiary/aromatic N) is 1. The van der Waals surface area contributed by atoms with Crippen LogP contribution in [0.1, 0.15) is 37.3 Å². The zero-order chi connectivity index (χ0) is 17.4. The van der Waals surface area contributed by atoms with Crippen LogP contribution in [0, 0.1) is 5.82 Å². The maximum atomic E-state index is 13.8. The molecule has 0 aromatic heterocycles. The molecule has 4 rings (SSSR count). The summed E-state index contributed by atoms with van der Waals surface area (Å²) in [6, 6.07) is 11.3. The van der Waals surface area contributed by atoms with Crippen LogP contribution in [-0.2, 0) is 10.3 Å². The molecular weight excluding hydrogens is 341 g/mol. The first-order valence-electron chi connectivity index (χ1n) is 8.78. The Morgan fingerprint density at radius 1 is 1.16 bits per heavy atom. The molecule has 0 saturated heterocycles. The molecule has 1 atom stereocenters. The highest BCUT2D eigenvalue weighted by Gasteiger charge is 2.48. The van der Waals surface area contributed by atoms with Gasteiger partial charge in [-0.15, -0.1) is 0 Å². The summed E-state index contributed by atoms with van der Waals surface area (Å²) >= 11 is 6.05. The van der Waals surface area contributed by atoms with E-state index in [1.807, 2.05) is 17.2 Å². The molecule has 5 heteroatoms. The minimum absolute atomic E-state index is 0.117. The van der Waals surface area contributed by atoms with Crippen molar-refractivity contribution in [1.29, 1.82) is 0 Å². The molecule has 1 unspecified atom stereocenters. The highest BCUT2D eigenvalue weighted by atomic mass is 35.5.